The molecule has 0 spiro atoms. The lowest BCUT2D eigenvalue weighted by atomic mass is 10.1. The smallest absolute Gasteiger partial charge is 0.185 e. The van der Waals surface area contributed by atoms with E-state index < -0.39 is 0 Å². The van der Waals surface area contributed by atoms with Crippen LogP contribution in [0.1, 0.15) is 51.6 Å². The molecule has 1 aromatic carbocycles. The first-order valence-corrected chi connectivity index (χ1v) is 11.1. The first-order chi connectivity index (χ1) is 13.7. The fourth-order valence-corrected chi connectivity index (χ4v) is 4.04. The van der Waals surface area contributed by atoms with Crippen LogP contribution in [0.25, 0.3) is 0 Å². The number of halogens is 1. The SMILES string of the molecule is C=CCCC(=C)N(Cc1csc(N2CCCCC2)n1)c1ccc(F)cc1.CC. The van der Waals surface area contributed by atoms with Crippen molar-refractivity contribution in [3.8, 4) is 0 Å². The number of thiazole rings is 1. The zero-order valence-corrected chi connectivity index (χ0v) is 18.0. The molecule has 0 aliphatic carbocycles. The number of hydrogen-bond donors (Lipinski definition) is 0. The molecule has 0 bridgehead atoms. The molecule has 0 unspecified atom stereocenters. The van der Waals surface area contributed by atoms with Crippen LogP contribution in [0.15, 0.2) is 54.6 Å². The van der Waals surface area contributed by atoms with E-state index in [0.717, 1.165) is 48.1 Å². The lowest BCUT2D eigenvalue weighted by Gasteiger charge is -2.27. The Labute approximate surface area is 173 Å². The molecule has 0 amide bonds. The third kappa shape index (κ3) is 6.20. The molecule has 152 valence electrons. The molecule has 2 aromatic rings. The van der Waals surface area contributed by atoms with Crippen molar-refractivity contribution in [1.82, 2.24) is 4.98 Å². The van der Waals surface area contributed by atoms with Gasteiger partial charge in [-0.05, 0) is 56.4 Å². The molecule has 3 nitrogen and oxygen atoms in total. The minimum absolute atomic E-state index is 0.230. The van der Waals surface area contributed by atoms with Crippen LogP contribution < -0.4 is 9.80 Å². The Bertz CT molecular complexity index is 733. The molecule has 1 saturated heterocycles. The second-order valence-electron chi connectivity index (χ2n) is 6.63. The Kier molecular flexibility index (Phi) is 9.21. The van der Waals surface area contributed by atoms with Gasteiger partial charge in [-0.1, -0.05) is 26.5 Å². The van der Waals surface area contributed by atoms with Crippen molar-refractivity contribution in [3.63, 3.8) is 0 Å². The van der Waals surface area contributed by atoms with Crippen LogP contribution in [-0.4, -0.2) is 18.1 Å². The number of nitrogens with zero attached hydrogens (tertiary/aromatic N) is 3. The Morgan fingerprint density at radius 1 is 1.21 bits per heavy atom. The number of benzene rings is 1. The molecule has 0 N–H and O–H groups in total. The highest BCUT2D eigenvalue weighted by atomic mass is 32.1. The van der Waals surface area contributed by atoms with Crippen LogP contribution >= 0.6 is 11.3 Å². The highest BCUT2D eigenvalue weighted by Crippen LogP contribution is 2.28. The number of allylic oxidation sites excluding steroid dienone is 2. The molecular formula is C23H32FN3S. The van der Waals surface area contributed by atoms with E-state index in [9.17, 15) is 4.39 Å². The first kappa shape index (κ1) is 22.2. The number of hydrogen-bond acceptors (Lipinski definition) is 4. The molecule has 0 atom stereocenters. The van der Waals surface area contributed by atoms with Gasteiger partial charge in [-0.3, -0.25) is 0 Å². The van der Waals surface area contributed by atoms with Crippen LogP contribution in [-0.2, 0) is 6.54 Å². The third-order valence-corrected chi connectivity index (χ3v) is 5.59. The van der Waals surface area contributed by atoms with Crippen LogP contribution in [0.5, 0.6) is 0 Å². The van der Waals surface area contributed by atoms with Gasteiger partial charge in [0.05, 0.1) is 12.2 Å². The zero-order valence-electron chi connectivity index (χ0n) is 17.2. The number of aromatic nitrogens is 1. The largest absolute Gasteiger partial charge is 0.348 e. The Balaban J connectivity index is 0.00000136. The molecule has 2 heterocycles. The molecule has 1 aliphatic heterocycles. The summed E-state index contributed by atoms with van der Waals surface area (Å²) in [6.45, 7) is 14.9. The van der Waals surface area contributed by atoms with E-state index in [0.29, 0.717) is 6.54 Å². The van der Waals surface area contributed by atoms with Gasteiger partial charge in [-0.25, -0.2) is 9.37 Å². The van der Waals surface area contributed by atoms with E-state index in [1.54, 1.807) is 23.5 Å². The van der Waals surface area contributed by atoms with Crippen LogP contribution in [0.4, 0.5) is 15.2 Å². The molecular weight excluding hydrogens is 369 g/mol. The maximum Gasteiger partial charge on any atom is 0.185 e. The van der Waals surface area contributed by atoms with Gasteiger partial charge in [0, 0.05) is 29.9 Å². The van der Waals surface area contributed by atoms with E-state index in [1.807, 2.05) is 19.9 Å². The summed E-state index contributed by atoms with van der Waals surface area (Å²) in [6, 6.07) is 6.57. The van der Waals surface area contributed by atoms with Gasteiger partial charge >= 0.3 is 0 Å². The number of anilines is 2. The quantitative estimate of drug-likeness (QED) is 0.454. The summed E-state index contributed by atoms with van der Waals surface area (Å²) < 4.78 is 13.3. The molecule has 28 heavy (non-hydrogen) atoms. The van der Waals surface area contributed by atoms with E-state index in [2.05, 4.69) is 28.3 Å². The summed E-state index contributed by atoms with van der Waals surface area (Å²) in [4.78, 5) is 9.35. The van der Waals surface area contributed by atoms with Gasteiger partial charge in [0.25, 0.3) is 0 Å². The molecule has 0 saturated carbocycles. The highest BCUT2D eigenvalue weighted by molar-refractivity contribution is 7.13. The van der Waals surface area contributed by atoms with Crippen molar-refractivity contribution in [2.45, 2.75) is 52.5 Å². The molecule has 1 aliphatic rings. The topological polar surface area (TPSA) is 19.4 Å². The lowest BCUT2D eigenvalue weighted by molar-refractivity contribution is 0.576. The molecule has 3 rings (SSSR count). The first-order valence-electron chi connectivity index (χ1n) is 10.2. The second kappa shape index (κ2) is 11.6. The maximum absolute atomic E-state index is 13.3. The minimum atomic E-state index is -0.230. The van der Waals surface area contributed by atoms with Crippen LogP contribution in [0.2, 0.25) is 0 Å². The van der Waals surface area contributed by atoms with Crippen LogP contribution in [0, 0.1) is 5.82 Å². The van der Waals surface area contributed by atoms with E-state index in [4.69, 9.17) is 4.98 Å². The Morgan fingerprint density at radius 3 is 2.54 bits per heavy atom. The van der Waals surface area contributed by atoms with E-state index >= 15 is 0 Å². The minimum Gasteiger partial charge on any atom is -0.348 e. The predicted octanol–water partition coefficient (Wildman–Crippen LogP) is 6.79. The molecule has 5 heteroatoms. The average Bonchev–Trinajstić information content (AvgIpc) is 3.22. The average molecular weight is 402 g/mol. The summed E-state index contributed by atoms with van der Waals surface area (Å²) in [6.07, 6.45) is 7.39. The van der Waals surface area contributed by atoms with Gasteiger partial charge < -0.3 is 9.80 Å². The monoisotopic (exact) mass is 401 g/mol. The van der Waals surface area contributed by atoms with Crippen molar-refractivity contribution in [2.24, 2.45) is 0 Å². The standard InChI is InChI=1S/C21H26FN3S.C2H6/c1-3-4-8-17(2)25(20-11-9-18(22)10-12-20)15-19-16-26-21(23-19)24-13-6-5-7-14-24;1-2/h3,9-12,16H,1-2,4-8,13-15H2;1-2H3. The second-order valence-corrected chi connectivity index (χ2v) is 7.46. The van der Waals surface area contributed by atoms with Crippen molar-refractivity contribution in [3.05, 3.63) is 66.1 Å². The fraction of sp³-hybridized carbons (Fsp3) is 0.435. The molecule has 1 fully saturated rings. The van der Waals surface area contributed by atoms with Crippen molar-refractivity contribution in [2.75, 3.05) is 22.9 Å². The molecule has 1 aromatic heterocycles. The van der Waals surface area contributed by atoms with Gasteiger partial charge in [0.1, 0.15) is 5.82 Å². The van der Waals surface area contributed by atoms with Crippen molar-refractivity contribution < 1.29 is 4.39 Å². The van der Waals surface area contributed by atoms with Crippen molar-refractivity contribution >= 4 is 22.2 Å². The highest BCUT2D eigenvalue weighted by Gasteiger charge is 2.17. The van der Waals surface area contributed by atoms with E-state index in [-0.39, 0.29) is 5.82 Å². The summed E-state index contributed by atoms with van der Waals surface area (Å²) >= 11 is 1.71. The summed E-state index contributed by atoms with van der Waals surface area (Å²) in [5, 5.41) is 3.23. The Hall–Kier alpha value is -2.14. The van der Waals surface area contributed by atoms with Crippen LogP contribution in [0.3, 0.4) is 0 Å². The predicted molar refractivity (Wildman–Crippen MR) is 121 cm³/mol. The maximum atomic E-state index is 13.3. The van der Waals surface area contributed by atoms with E-state index in [1.165, 1.54) is 31.4 Å². The van der Waals surface area contributed by atoms with Gasteiger partial charge in [-0.15, -0.1) is 17.9 Å². The van der Waals surface area contributed by atoms with Gasteiger partial charge in [-0.2, -0.15) is 0 Å². The summed E-state index contributed by atoms with van der Waals surface area (Å²) in [7, 11) is 0. The summed E-state index contributed by atoms with van der Waals surface area (Å²) in [5.41, 5.74) is 2.96. The Morgan fingerprint density at radius 2 is 1.89 bits per heavy atom. The summed E-state index contributed by atoms with van der Waals surface area (Å²) in [5.74, 6) is -0.230. The third-order valence-electron chi connectivity index (χ3n) is 4.64. The number of rotatable bonds is 8. The normalized spacial score (nSPS) is 13.5. The molecule has 0 radical (unpaired) electrons. The zero-order chi connectivity index (χ0) is 20.4. The van der Waals surface area contributed by atoms with Crippen molar-refractivity contribution in [1.29, 1.82) is 0 Å². The van der Waals surface area contributed by atoms with Gasteiger partial charge in [0.15, 0.2) is 5.13 Å². The fourth-order valence-electron chi connectivity index (χ4n) is 3.17. The lowest BCUT2D eigenvalue weighted by Crippen LogP contribution is -2.29. The number of piperidine rings is 1. The van der Waals surface area contributed by atoms with Gasteiger partial charge in [0.2, 0.25) is 0 Å².